The van der Waals surface area contributed by atoms with E-state index in [0.717, 1.165) is 0 Å². The fraction of sp³-hybridized carbons (Fsp3) is 0.294. The Kier molecular flexibility index (Phi) is 5.47. The van der Waals surface area contributed by atoms with Crippen LogP contribution in [0.3, 0.4) is 0 Å². The molecule has 11 heteroatoms. The molecular weight excluding hydrogens is 402 g/mol. The maximum Gasteiger partial charge on any atom is 0.263 e. The molecule has 2 aromatic rings. The Balaban J connectivity index is 1.84. The SMILES string of the molecule is COc1nccnc1NS(=O)(=O)c1ccc(N2C(=O)[C@H](C(C)C)NC2=S)cc1. The van der Waals surface area contributed by atoms with Gasteiger partial charge in [0.1, 0.15) is 6.04 Å². The first-order chi connectivity index (χ1) is 13.2. The van der Waals surface area contributed by atoms with Crippen LogP contribution in [0.4, 0.5) is 11.5 Å². The minimum atomic E-state index is -3.92. The number of aromatic nitrogens is 2. The van der Waals surface area contributed by atoms with E-state index < -0.39 is 16.1 Å². The molecule has 9 nitrogen and oxygen atoms in total. The van der Waals surface area contributed by atoms with E-state index in [9.17, 15) is 13.2 Å². The molecule has 1 fully saturated rings. The summed E-state index contributed by atoms with van der Waals surface area (Å²) in [5, 5.41) is 3.28. The number of methoxy groups -OCH3 is 1. The fourth-order valence-corrected chi connectivity index (χ4v) is 4.03. The van der Waals surface area contributed by atoms with Gasteiger partial charge in [-0.1, -0.05) is 13.8 Å². The van der Waals surface area contributed by atoms with Crippen LogP contribution in [-0.2, 0) is 14.8 Å². The Labute approximate surface area is 168 Å². The second kappa shape index (κ2) is 7.68. The Morgan fingerprint density at radius 1 is 1.21 bits per heavy atom. The number of hydrogen-bond donors (Lipinski definition) is 2. The molecular formula is C17H19N5O4S2. The van der Waals surface area contributed by atoms with Crippen molar-refractivity contribution in [1.29, 1.82) is 0 Å². The molecule has 0 aliphatic carbocycles. The van der Waals surface area contributed by atoms with E-state index in [1.54, 1.807) is 0 Å². The smallest absolute Gasteiger partial charge is 0.263 e. The van der Waals surface area contributed by atoms with Gasteiger partial charge in [0.25, 0.3) is 21.8 Å². The number of thiocarbonyl (C=S) groups is 1. The third-order valence-electron chi connectivity index (χ3n) is 4.13. The number of rotatable bonds is 6. The molecule has 1 aliphatic heterocycles. The van der Waals surface area contributed by atoms with Gasteiger partial charge in [-0.2, -0.15) is 0 Å². The molecule has 2 N–H and O–H groups in total. The fourth-order valence-electron chi connectivity index (χ4n) is 2.70. The van der Waals surface area contributed by atoms with Gasteiger partial charge in [0.15, 0.2) is 5.11 Å². The number of anilines is 2. The van der Waals surface area contributed by atoms with E-state index in [1.165, 1.54) is 48.7 Å². The van der Waals surface area contributed by atoms with Crippen molar-refractivity contribution < 1.29 is 17.9 Å². The van der Waals surface area contributed by atoms with Crippen molar-refractivity contribution >= 4 is 44.8 Å². The van der Waals surface area contributed by atoms with Gasteiger partial charge in [-0.25, -0.2) is 18.4 Å². The molecule has 0 spiro atoms. The summed E-state index contributed by atoms with van der Waals surface area (Å²) in [6.45, 7) is 3.84. The zero-order chi connectivity index (χ0) is 20.5. The summed E-state index contributed by atoms with van der Waals surface area (Å²) in [6.07, 6.45) is 2.74. The van der Waals surface area contributed by atoms with Crippen molar-refractivity contribution in [3.8, 4) is 5.88 Å². The molecule has 148 valence electrons. The van der Waals surface area contributed by atoms with Crippen LogP contribution >= 0.6 is 12.2 Å². The number of nitrogens with one attached hydrogen (secondary N) is 2. The number of carbonyl (C=O) groups excluding carboxylic acids is 1. The zero-order valence-corrected chi connectivity index (χ0v) is 17.0. The molecule has 0 unspecified atom stereocenters. The molecule has 28 heavy (non-hydrogen) atoms. The predicted molar refractivity (Wildman–Crippen MR) is 108 cm³/mol. The first-order valence-corrected chi connectivity index (χ1v) is 10.3. The van der Waals surface area contributed by atoms with E-state index in [1.807, 2.05) is 13.8 Å². The quantitative estimate of drug-likeness (QED) is 0.675. The highest BCUT2D eigenvalue weighted by Crippen LogP contribution is 2.26. The maximum absolute atomic E-state index is 12.6. The lowest BCUT2D eigenvalue weighted by Gasteiger charge is -2.16. The number of benzene rings is 1. The first-order valence-electron chi connectivity index (χ1n) is 8.37. The number of amides is 1. The number of hydrogen-bond acceptors (Lipinski definition) is 7. The third-order valence-corrected chi connectivity index (χ3v) is 5.78. The molecule has 1 aromatic heterocycles. The van der Waals surface area contributed by atoms with Gasteiger partial charge in [-0.05, 0) is 42.4 Å². The molecule has 1 amide bonds. The molecule has 1 aromatic carbocycles. The minimum absolute atomic E-state index is 0.00473. The molecule has 3 rings (SSSR count). The topological polar surface area (TPSA) is 114 Å². The third kappa shape index (κ3) is 3.76. The van der Waals surface area contributed by atoms with Crippen molar-refractivity contribution in [1.82, 2.24) is 15.3 Å². The van der Waals surface area contributed by atoms with Crippen molar-refractivity contribution in [2.75, 3.05) is 16.7 Å². The largest absolute Gasteiger partial charge is 0.478 e. The Bertz CT molecular complexity index is 1010. The summed E-state index contributed by atoms with van der Waals surface area (Å²) in [7, 11) is -2.56. The second-order valence-corrected chi connectivity index (χ2v) is 8.43. The highest BCUT2D eigenvalue weighted by atomic mass is 32.2. The molecule has 0 bridgehead atoms. The Morgan fingerprint density at radius 2 is 1.86 bits per heavy atom. The number of sulfonamides is 1. The summed E-state index contributed by atoms with van der Waals surface area (Å²) >= 11 is 5.25. The summed E-state index contributed by atoms with van der Waals surface area (Å²) < 4.78 is 32.6. The van der Waals surface area contributed by atoms with Gasteiger partial charge >= 0.3 is 0 Å². The first kappa shape index (κ1) is 20.0. The summed E-state index contributed by atoms with van der Waals surface area (Å²) in [5.74, 6) is -0.0604. The van der Waals surface area contributed by atoms with E-state index in [-0.39, 0.29) is 28.4 Å². The predicted octanol–water partition coefficient (Wildman–Crippen LogP) is 1.53. The van der Waals surface area contributed by atoms with Crippen LogP contribution < -0.4 is 19.7 Å². The molecule has 0 saturated carbocycles. The van der Waals surface area contributed by atoms with Crippen LogP contribution in [0, 0.1) is 5.92 Å². The average Bonchev–Trinajstić information content (AvgIpc) is 2.96. The van der Waals surface area contributed by atoms with Crippen molar-refractivity contribution in [2.45, 2.75) is 24.8 Å². The standard InChI is InChI=1S/C17H19N5O4S2/c1-10(2)13-16(23)22(17(27)20-13)11-4-6-12(7-5-11)28(24,25)21-14-15(26-3)19-9-8-18-14/h4-10,13H,1-3H3,(H,18,21)(H,20,27)/t13-/m0/s1. The summed E-state index contributed by atoms with van der Waals surface area (Å²) in [6, 6.07) is 5.42. The van der Waals surface area contributed by atoms with Crippen LogP contribution in [0.25, 0.3) is 0 Å². The van der Waals surface area contributed by atoms with Crippen LogP contribution in [0.1, 0.15) is 13.8 Å². The Hall–Kier alpha value is -2.79. The van der Waals surface area contributed by atoms with E-state index in [4.69, 9.17) is 17.0 Å². The molecule has 2 heterocycles. The van der Waals surface area contributed by atoms with Crippen LogP contribution in [0.5, 0.6) is 5.88 Å². The number of ether oxygens (including phenoxy) is 1. The van der Waals surface area contributed by atoms with Gasteiger partial charge in [0.2, 0.25) is 5.82 Å². The van der Waals surface area contributed by atoms with Crippen molar-refractivity contribution in [3.63, 3.8) is 0 Å². The van der Waals surface area contributed by atoms with E-state index >= 15 is 0 Å². The lowest BCUT2D eigenvalue weighted by atomic mass is 10.0. The molecule has 1 saturated heterocycles. The van der Waals surface area contributed by atoms with E-state index in [2.05, 4.69) is 20.0 Å². The van der Waals surface area contributed by atoms with E-state index in [0.29, 0.717) is 10.8 Å². The lowest BCUT2D eigenvalue weighted by molar-refractivity contribution is -0.119. The van der Waals surface area contributed by atoms with Crippen LogP contribution in [-0.4, -0.2) is 42.6 Å². The summed E-state index contributed by atoms with van der Waals surface area (Å²) in [5.41, 5.74) is 0.488. The highest BCUT2D eigenvalue weighted by molar-refractivity contribution is 7.92. The lowest BCUT2D eigenvalue weighted by Crippen LogP contribution is -2.34. The van der Waals surface area contributed by atoms with Gasteiger partial charge < -0.3 is 10.1 Å². The van der Waals surface area contributed by atoms with Crippen molar-refractivity contribution in [2.24, 2.45) is 5.92 Å². The Morgan fingerprint density at radius 3 is 2.43 bits per heavy atom. The molecule has 1 aliphatic rings. The monoisotopic (exact) mass is 421 g/mol. The summed E-state index contributed by atoms with van der Waals surface area (Å²) in [4.78, 5) is 21.8. The number of nitrogens with zero attached hydrogens (tertiary/aromatic N) is 3. The van der Waals surface area contributed by atoms with Crippen molar-refractivity contribution in [3.05, 3.63) is 36.7 Å². The molecule has 0 radical (unpaired) electrons. The van der Waals surface area contributed by atoms with Crippen LogP contribution in [0.15, 0.2) is 41.6 Å². The van der Waals surface area contributed by atoms with Gasteiger partial charge in [-0.15, -0.1) is 0 Å². The minimum Gasteiger partial charge on any atom is -0.478 e. The van der Waals surface area contributed by atoms with Crippen LogP contribution in [0.2, 0.25) is 0 Å². The highest BCUT2D eigenvalue weighted by Gasteiger charge is 2.38. The average molecular weight is 422 g/mol. The normalized spacial score (nSPS) is 17.0. The second-order valence-electron chi connectivity index (χ2n) is 6.36. The maximum atomic E-state index is 12.6. The zero-order valence-electron chi connectivity index (χ0n) is 15.4. The number of carbonyl (C=O) groups is 1. The molecule has 1 atom stereocenters. The van der Waals surface area contributed by atoms with Gasteiger partial charge in [-0.3, -0.25) is 14.4 Å². The van der Waals surface area contributed by atoms with Gasteiger partial charge in [0, 0.05) is 12.4 Å². The van der Waals surface area contributed by atoms with Gasteiger partial charge in [0.05, 0.1) is 17.7 Å².